The molecule has 0 N–H and O–H groups in total. The minimum absolute atomic E-state index is 0.644. The molecular formula is C21H21NO. The number of ether oxygens (including phenoxy) is 1. The summed E-state index contributed by atoms with van der Waals surface area (Å²) in [7, 11) is 0. The lowest BCUT2D eigenvalue weighted by Crippen LogP contribution is -1.97. The van der Waals surface area contributed by atoms with Crippen LogP contribution in [0.15, 0.2) is 65.7 Å². The Balaban J connectivity index is 2.10. The Labute approximate surface area is 137 Å². The van der Waals surface area contributed by atoms with Crippen LogP contribution >= 0.6 is 0 Å². The topological polar surface area (TPSA) is 21.6 Å². The molecule has 0 aliphatic carbocycles. The summed E-state index contributed by atoms with van der Waals surface area (Å²) in [6, 6.07) is 20.7. The average molecular weight is 303 g/mol. The van der Waals surface area contributed by atoms with E-state index in [1.54, 1.807) is 0 Å². The molecule has 0 fully saturated rings. The molecular weight excluding hydrogens is 282 g/mol. The predicted molar refractivity (Wildman–Crippen MR) is 98.2 cm³/mol. The van der Waals surface area contributed by atoms with E-state index in [-0.39, 0.29) is 0 Å². The summed E-state index contributed by atoms with van der Waals surface area (Å²) in [5.74, 6) is 0.879. The van der Waals surface area contributed by atoms with Gasteiger partial charge in [-0.05, 0) is 41.8 Å². The van der Waals surface area contributed by atoms with Gasteiger partial charge in [0.2, 0.25) is 0 Å². The number of aryl methyl sites for hydroxylation is 1. The number of rotatable bonds is 5. The first kappa shape index (κ1) is 15.3. The Hall–Kier alpha value is -2.61. The molecule has 0 spiro atoms. The molecule has 0 saturated heterocycles. The van der Waals surface area contributed by atoms with Gasteiger partial charge >= 0.3 is 0 Å². The fraction of sp³-hybridized carbons (Fsp3) is 0.190. The summed E-state index contributed by atoms with van der Waals surface area (Å²) in [4.78, 5) is 4.74. The summed E-state index contributed by atoms with van der Waals surface area (Å²) in [6.07, 6.45) is 2.91. The first-order valence-corrected chi connectivity index (χ1v) is 8.10. The van der Waals surface area contributed by atoms with Gasteiger partial charge in [-0.3, -0.25) is 4.99 Å². The van der Waals surface area contributed by atoms with Gasteiger partial charge in [0, 0.05) is 11.8 Å². The molecule has 0 heterocycles. The molecule has 0 saturated carbocycles. The second-order valence-electron chi connectivity index (χ2n) is 5.37. The summed E-state index contributed by atoms with van der Waals surface area (Å²) >= 11 is 0. The molecule has 0 atom stereocenters. The Morgan fingerprint density at radius 1 is 0.913 bits per heavy atom. The van der Waals surface area contributed by atoms with Gasteiger partial charge < -0.3 is 4.74 Å². The Bertz CT molecular complexity index is 836. The Morgan fingerprint density at radius 3 is 2.52 bits per heavy atom. The molecule has 0 bridgehead atoms. The van der Waals surface area contributed by atoms with E-state index in [1.807, 2.05) is 25.3 Å². The van der Waals surface area contributed by atoms with E-state index < -0.39 is 0 Å². The van der Waals surface area contributed by atoms with Crippen LogP contribution in [0.3, 0.4) is 0 Å². The lowest BCUT2D eigenvalue weighted by atomic mass is 10.0. The molecule has 3 aromatic rings. The highest BCUT2D eigenvalue weighted by Gasteiger charge is 2.07. The molecule has 3 rings (SSSR count). The first-order valence-electron chi connectivity index (χ1n) is 8.10. The van der Waals surface area contributed by atoms with Crippen LogP contribution in [-0.4, -0.2) is 12.8 Å². The average Bonchev–Trinajstić information content (AvgIpc) is 2.61. The van der Waals surface area contributed by atoms with Crippen molar-refractivity contribution in [1.82, 2.24) is 0 Å². The molecule has 116 valence electrons. The van der Waals surface area contributed by atoms with Crippen LogP contribution in [0.4, 0.5) is 5.69 Å². The van der Waals surface area contributed by atoms with Crippen LogP contribution in [0.25, 0.3) is 10.8 Å². The third kappa shape index (κ3) is 3.26. The molecule has 0 radical (unpaired) electrons. The minimum atomic E-state index is 0.644. The second kappa shape index (κ2) is 7.10. The maximum absolute atomic E-state index is 5.80. The van der Waals surface area contributed by atoms with Crippen molar-refractivity contribution in [3.05, 3.63) is 71.8 Å². The number of fused-ring (bicyclic) bond motifs is 1. The van der Waals surface area contributed by atoms with Crippen LogP contribution in [0, 0.1) is 0 Å². The van der Waals surface area contributed by atoms with Crippen molar-refractivity contribution >= 4 is 22.7 Å². The van der Waals surface area contributed by atoms with Crippen molar-refractivity contribution in [2.75, 3.05) is 6.61 Å². The van der Waals surface area contributed by atoms with Gasteiger partial charge in [-0.15, -0.1) is 0 Å². The van der Waals surface area contributed by atoms with Crippen molar-refractivity contribution in [2.24, 2.45) is 4.99 Å². The maximum atomic E-state index is 5.80. The van der Waals surface area contributed by atoms with Gasteiger partial charge in [0.05, 0.1) is 12.3 Å². The summed E-state index contributed by atoms with van der Waals surface area (Å²) in [5, 5.41) is 2.36. The van der Waals surface area contributed by atoms with E-state index in [0.717, 1.165) is 28.8 Å². The largest absolute Gasteiger partial charge is 0.493 e. The highest BCUT2D eigenvalue weighted by atomic mass is 16.5. The monoisotopic (exact) mass is 303 g/mol. The molecule has 2 heteroatoms. The molecule has 0 aromatic heterocycles. The van der Waals surface area contributed by atoms with Crippen LogP contribution in [-0.2, 0) is 6.42 Å². The van der Waals surface area contributed by atoms with Crippen LogP contribution in [0.2, 0.25) is 0 Å². The van der Waals surface area contributed by atoms with Gasteiger partial charge in [-0.25, -0.2) is 0 Å². The molecule has 0 amide bonds. The fourth-order valence-electron chi connectivity index (χ4n) is 2.76. The Kier molecular flexibility index (Phi) is 4.72. The summed E-state index contributed by atoms with van der Waals surface area (Å²) < 4.78 is 5.80. The van der Waals surface area contributed by atoms with Gasteiger partial charge in [0.15, 0.2) is 0 Å². The zero-order valence-electron chi connectivity index (χ0n) is 13.6. The lowest BCUT2D eigenvalue weighted by Gasteiger charge is -2.10. The molecule has 2 nitrogen and oxygen atoms in total. The van der Waals surface area contributed by atoms with Crippen molar-refractivity contribution in [2.45, 2.75) is 20.3 Å². The van der Waals surface area contributed by atoms with E-state index in [0.29, 0.717) is 6.61 Å². The highest BCUT2D eigenvalue weighted by molar-refractivity contribution is 6.03. The molecule has 0 aliphatic heterocycles. The number of benzene rings is 3. The predicted octanol–water partition coefficient (Wildman–Crippen LogP) is 5.55. The number of aliphatic imine (C=N–C) groups is 1. The number of hydrogen-bond donors (Lipinski definition) is 0. The van der Waals surface area contributed by atoms with Crippen LogP contribution < -0.4 is 4.74 Å². The van der Waals surface area contributed by atoms with Gasteiger partial charge in [-0.1, -0.05) is 55.5 Å². The molecule has 3 aromatic carbocycles. The smallest absolute Gasteiger partial charge is 0.128 e. The van der Waals surface area contributed by atoms with E-state index >= 15 is 0 Å². The van der Waals surface area contributed by atoms with Crippen LogP contribution in [0.1, 0.15) is 25.0 Å². The summed E-state index contributed by atoms with van der Waals surface area (Å²) in [5.41, 5.74) is 3.31. The number of para-hydroxylation sites is 1. The van der Waals surface area contributed by atoms with Gasteiger partial charge in [0.1, 0.15) is 5.75 Å². The molecule has 0 unspecified atom stereocenters. The van der Waals surface area contributed by atoms with Crippen molar-refractivity contribution in [1.29, 1.82) is 0 Å². The third-order valence-electron chi connectivity index (χ3n) is 3.94. The third-order valence-corrected chi connectivity index (χ3v) is 3.94. The van der Waals surface area contributed by atoms with E-state index in [9.17, 15) is 0 Å². The molecule has 0 aliphatic rings. The SMILES string of the molecule is CCOc1ccc2ccccc2c1C=Nc1ccccc1CC. The van der Waals surface area contributed by atoms with Crippen molar-refractivity contribution in [3.63, 3.8) is 0 Å². The zero-order chi connectivity index (χ0) is 16.1. The highest BCUT2D eigenvalue weighted by Crippen LogP contribution is 2.28. The number of hydrogen-bond acceptors (Lipinski definition) is 2. The second-order valence-corrected chi connectivity index (χ2v) is 5.37. The molecule has 23 heavy (non-hydrogen) atoms. The van der Waals surface area contributed by atoms with Gasteiger partial charge in [0.25, 0.3) is 0 Å². The Morgan fingerprint density at radius 2 is 1.70 bits per heavy atom. The van der Waals surface area contributed by atoms with E-state index in [2.05, 4.69) is 55.5 Å². The van der Waals surface area contributed by atoms with Crippen molar-refractivity contribution in [3.8, 4) is 5.75 Å². The van der Waals surface area contributed by atoms with Crippen molar-refractivity contribution < 1.29 is 4.74 Å². The quantitative estimate of drug-likeness (QED) is 0.566. The fourth-order valence-corrected chi connectivity index (χ4v) is 2.76. The number of nitrogens with zero attached hydrogens (tertiary/aromatic N) is 1. The van der Waals surface area contributed by atoms with E-state index in [1.165, 1.54) is 10.9 Å². The summed E-state index contributed by atoms with van der Waals surface area (Å²) in [6.45, 7) is 4.80. The van der Waals surface area contributed by atoms with Crippen LogP contribution in [0.5, 0.6) is 5.75 Å². The first-order chi connectivity index (χ1) is 11.3. The zero-order valence-corrected chi connectivity index (χ0v) is 13.6. The minimum Gasteiger partial charge on any atom is -0.493 e. The lowest BCUT2D eigenvalue weighted by molar-refractivity contribution is 0.340. The normalized spacial score (nSPS) is 11.2. The van der Waals surface area contributed by atoms with Gasteiger partial charge in [-0.2, -0.15) is 0 Å². The van der Waals surface area contributed by atoms with E-state index in [4.69, 9.17) is 9.73 Å². The maximum Gasteiger partial charge on any atom is 0.128 e. The standard InChI is InChI=1S/C21H21NO/c1-3-16-9-6-8-12-20(16)22-15-19-18-11-7-5-10-17(18)13-14-21(19)23-4-2/h5-15H,3-4H2,1-2H3.